The van der Waals surface area contributed by atoms with E-state index < -0.39 is 29.2 Å². The molecular formula is C19H23N7O2. The van der Waals surface area contributed by atoms with E-state index in [9.17, 15) is 9.59 Å². The van der Waals surface area contributed by atoms with Gasteiger partial charge in [0.2, 0.25) is 0 Å². The van der Waals surface area contributed by atoms with Gasteiger partial charge in [-0.25, -0.2) is 0 Å². The lowest BCUT2D eigenvalue weighted by molar-refractivity contribution is 0.0981. The van der Waals surface area contributed by atoms with Gasteiger partial charge in [0.05, 0.1) is 28.3 Å². The van der Waals surface area contributed by atoms with Crippen LogP contribution in [0.5, 0.6) is 0 Å². The van der Waals surface area contributed by atoms with E-state index >= 15 is 0 Å². The van der Waals surface area contributed by atoms with Gasteiger partial charge in [0.1, 0.15) is 0 Å². The zero-order chi connectivity index (χ0) is 20.7. The third kappa shape index (κ3) is 2.06. The predicted molar refractivity (Wildman–Crippen MR) is 108 cm³/mol. The SMILES string of the molecule is C[C@@]1(N)C[C@H](N)c2c(N)c3c(c(N)c2C1N)C(=O)c1c(N)ccc(N)c1C3=O. The van der Waals surface area contributed by atoms with Gasteiger partial charge in [-0.05, 0) is 31.0 Å². The Kier molecular flexibility index (Phi) is 3.54. The van der Waals surface area contributed by atoms with E-state index in [2.05, 4.69) is 0 Å². The highest BCUT2D eigenvalue weighted by molar-refractivity contribution is 6.35. The number of benzene rings is 2. The van der Waals surface area contributed by atoms with E-state index in [0.717, 1.165) is 0 Å². The molecule has 0 bridgehead atoms. The van der Waals surface area contributed by atoms with E-state index in [1.165, 1.54) is 12.1 Å². The van der Waals surface area contributed by atoms with E-state index in [4.69, 9.17) is 40.1 Å². The lowest BCUT2D eigenvalue weighted by atomic mass is 9.69. The van der Waals surface area contributed by atoms with Crippen molar-refractivity contribution >= 4 is 34.3 Å². The molecule has 3 atom stereocenters. The van der Waals surface area contributed by atoms with Crippen molar-refractivity contribution in [3.63, 3.8) is 0 Å². The van der Waals surface area contributed by atoms with Gasteiger partial charge in [-0.2, -0.15) is 0 Å². The molecule has 0 spiro atoms. The standard InChI is InChI=1S/C19H23N7O2/c1-19(26)4-7(22)8-13(18(19)25)15(24)12-11(14(8)23)16(27)9-5(20)2-3-6(21)10(9)17(12)28/h2-3,7,18H,4,20-26H2,1H3/t7-,18?,19+/m0/s1. The monoisotopic (exact) mass is 381 g/mol. The number of nitrogens with two attached hydrogens (primary N) is 7. The molecule has 2 aliphatic carbocycles. The van der Waals surface area contributed by atoms with E-state index in [1.807, 2.05) is 0 Å². The topological polar surface area (TPSA) is 216 Å². The van der Waals surface area contributed by atoms with Gasteiger partial charge >= 0.3 is 0 Å². The molecule has 0 fully saturated rings. The maximum atomic E-state index is 13.3. The van der Waals surface area contributed by atoms with Gasteiger partial charge in [-0.3, -0.25) is 9.59 Å². The van der Waals surface area contributed by atoms with Crippen LogP contribution >= 0.6 is 0 Å². The van der Waals surface area contributed by atoms with Crippen molar-refractivity contribution in [2.45, 2.75) is 31.0 Å². The first-order chi connectivity index (χ1) is 13.0. The van der Waals surface area contributed by atoms with Crippen molar-refractivity contribution in [1.29, 1.82) is 0 Å². The van der Waals surface area contributed by atoms with Crippen molar-refractivity contribution in [3.05, 3.63) is 45.5 Å². The summed E-state index contributed by atoms with van der Waals surface area (Å²) in [7, 11) is 0. The maximum absolute atomic E-state index is 13.3. The van der Waals surface area contributed by atoms with Crippen molar-refractivity contribution in [1.82, 2.24) is 0 Å². The van der Waals surface area contributed by atoms with Gasteiger partial charge in [0.15, 0.2) is 11.6 Å². The van der Waals surface area contributed by atoms with Gasteiger partial charge < -0.3 is 40.1 Å². The summed E-state index contributed by atoms with van der Waals surface area (Å²) in [5, 5.41) is 0. The van der Waals surface area contributed by atoms with Crippen LogP contribution in [0.3, 0.4) is 0 Å². The van der Waals surface area contributed by atoms with Gasteiger partial charge in [0, 0.05) is 39.9 Å². The van der Waals surface area contributed by atoms with Gasteiger partial charge in [-0.15, -0.1) is 0 Å². The molecule has 2 aromatic rings. The lowest BCUT2D eigenvalue weighted by Crippen LogP contribution is -2.52. The maximum Gasteiger partial charge on any atom is 0.198 e. The molecule has 0 saturated carbocycles. The minimum Gasteiger partial charge on any atom is -0.398 e. The number of fused-ring (bicyclic) bond motifs is 3. The van der Waals surface area contributed by atoms with Crippen LogP contribution in [0, 0.1) is 0 Å². The second kappa shape index (κ2) is 5.44. The number of hydrogen-bond donors (Lipinski definition) is 7. The Labute approximate surface area is 161 Å². The summed E-state index contributed by atoms with van der Waals surface area (Å²) in [6.45, 7) is 1.76. The van der Waals surface area contributed by atoms with Crippen molar-refractivity contribution in [2.24, 2.45) is 17.2 Å². The molecule has 2 aliphatic rings. The molecule has 9 nitrogen and oxygen atoms in total. The summed E-state index contributed by atoms with van der Waals surface area (Å²) in [6.07, 6.45) is 0.345. The summed E-state index contributed by atoms with van der Waals surface area (Å²) < 4.78 is 0. The highest BCUT2D eigenvalue weighted by Crippen LogP contribution is 2.49. The smallest absolute Gasteiger partial charge is 0.198 e. The van der Waals surface area contributed by atoms with E-state index in [-0.39, 0.29) is 45.0 Å². The molecule has 0 radical (unpaired) electrons. The third-order valence-electron chi connectivity index (χ3n) is 5.89. The van der Waals surface area contributed by atoms with Crippen LogP contribution in [-0.2, 0) is 0 Å². The molecule has 14 N–H and O–H groups in total. The molecule has 0 aromatic heterocycles. The Morgan fingerprint density at radius 1 is 0.821 bits per heavy atom. The van der Waals surface area contributed by atoms with Crippen LogP contribution < -0.4 is 40.1 Å². The fourth-order valence-corrected chi connectivity index (χ4v) is 4.44. The second-order valence-electron chi connectivity index (χ2n) is 7.85. The molecule has 28 heavy (non-hydrogen) atoms. The molecule has 0 amide bonds. The average molecular weight is 381 g/mol. The number of hydrogen-bond acceptors (Lipinski definition) is 9. The normalized spacial score (nSPS) is 25.9. The zero-order valence-corrected chi connectivity index (χ0v) is 15.4. The highest BCUT2D eigenvalue weighted by atomic mass is 16.1. The first kappa shape index (κ1) is 18.2. The predicted octanol–water partition coefficient (Wildman–Crippen LogP) is -0.0885. The zero-order valence-electron chi connectivity index (χ0n) is 15.4. The third-order valence-corrected chi connectivity index (χ3v) is 5.89. The summed E-state index contributed by atoms with van der Waals surface area (Å²) in [6, 6.07) is 1.65. The largest absolute Gasteiger partial charge is 0.398 e. The molecule has 0 heterocycles. The highest BCUT2D eigenvalue weighted by Gasteiger charge is 2.45. The number of nitrogen functional groups attached to an aromatic ring is 4. The molecule has 1 unspecified atom stereocenters. The number of carbonyl (C=O) groups is 2. The summed E-state index contributed by atoms with van der Waals surface area (Å²) in [5.74, 6) is -1.03. The molecule has 146 valence electrons. The van der Waals surface area contributed by atoms with Crippen molar-refractivity contribution in [2.75, 3.05) is 22.9 Å². The van der Waals surface area contributed by atoms with Crippen LogP contribution in [-0.4, -0.2) is 17.1 Å². The van der Waals surface area contributed by atoms with Crippen LogP contribution in [0.4, 0.5) is 22.7 Å². The van der Waals surface area contributed by atoms with Crippen molar-refractivity contribution in [3.8, 4) is 0 Å². The Bertz CT molecular complexity index is 1090. The number of ketones is 2. The van der Waals surface area contributed by atoms with Gasteiger partial charge in [-0.1, -0.05) is 0 Å². The second-order valence-corrected chi connectivity index (χ2v) is 7.85. The Hall–Kier alpha value is -3.14. The van der Waals surface area contributed by atoms with Crippen LogP contribution in [0.2, 0.25) is 0 Å². The lowest BCUT2D eigenvalue weighted by Gasteiger charge is -2.42. The first-order valence-corrected chi connectivity index (χ1v) is 8.81. The minimum absolute atomic E-state index is 0.00526. The molecular weight excluding hydrogens is 358 g/mol. The van der Waals surface area contributed by atoms with Crippen LogP contribution in [0.25, 0.3) is 0 Å². The van der Waals surface area contributed by atoms with Crippen LogP contribution in [0.15, 0.2) is 12.1 Å². The van der Waals surface area contributed by atoms with E-state index in [0.29, 0.717) is 17.5 Å². The molecule has 9 heteroatoms. The fourth-order valence-electron chi connectivity index (χ4n) is 4.44. The number of carbonyl (C=O) groups excluding carboxylic acids is 2. The Morgan fingerprint density at radius 3 is 1.71 bits per heavy atom. The van der Waals surface area contributed by atoms with E-state index in [1.54, 1.807) is 6.92 Å². The summed E-state index contributed by atoms with van der Waals surface area (Å²) in [4.78, 5) is 26.6. The minimum atomic E-state index is -0.857. The average Bonchev–Trinajstić information content (AvgIpc) is 2.60. The molecule has 2 aromatic carbocycles. The summed E-state index contributed by atoms with van der Waals surface area (Å²) >= 11 is 0. The summed E-state index contributed by atoms with van der Waals surface area (Å²) in [5.41, 5.74) is 44.1. The Balaban J connectivity index is 2.13. The first-order valence-electron chi connectivity index (χ1n) is 8.81. The molecule has 0 aliphatic heterocycles. The number of anilines is 4. The van der Waals surface area contributed by atoms with Gasteiger partial charge in [0.25, 0.3) is 0 Å². The Morgan fingerprint density at radius 2 is 1.25 bits per heavy atom. The molecule has 4 rings (SSSR count). The van der Waals surface area contributed by atoms with Crippen molar-refractivity contribution < 1.29 is 9.59 Å². The number of rotatable bonds is 0. The van der Waals surface area contributed by atoms with Crippen LogP contribution in [0.1, 0.15) is 68.4 Å². The fraction of sp³-hybridized carbons (Fsp3) is 0.263. The quantitative estimate of drug-likeness (QED) is 0.204. The molecule has 0 saturated heterocycles.